The number of cyclic esters (lactones) is 1. The van der Waals surface area contributed by atoms with Gasteiger partial charge in [0.05, 0.1) is 7.11 Å². The van der Waals surface area contributed by atoms with E-state index in [1.807, 2.05) is 24.3 Å². The summed E-state index contributed by atoms with van der Waals surface area (Å²) in [5, 5.41) is 2.62. The van der Waals surface area contributed by atoms with Crippen molar-refractivity contribution in [3.05, 3.63) is 29.8 Å². The van der Waals surface area contributed by atoms with Crippen LogP contribution in [-0.4, -0.2) is 19.7 Å². The highest BCUT2D eigenvalue weighted by Crippen LogP contribution is 2.26. The second-order valence-electron chi connectivity index (χ2n) is 3.39. The van der Waals surface area contributed by atoms with Crippen molar-refractivity contribution in [2.75, 3.05) is 13.7 Å². The van der Waals surface area contributed by atoms with E-state index < -0.39 is 0 Å². The average Bonchev–Trinajstić information content (AvgIpc) is 2.29. The zero-order valence-corrected chi connectivity index (χ0v) is 8.53. The Morgan fingerprint density at radius 1 is 1.53 bits per heavy atom. The number of alkyl carbamates (subject to hydrolysis) is 1. The molecule has 0 aliphatic carbocycles. The molecule has 0 saturated carbocycles. The first-order valence-corrected chi connectivity index (χ1v) is 4.88. The highest BCUT2D eigenvalue weighted by molar-refractivity contribution is 5.68. The molecule has 1 amide bonds. The fourth-order valence-corrected chi connectivity index (χ4v) is 1.61. The van der Waals surface area contributed by atoms with Gasteiger partial charge < -0.3 is 14.8 Å². The van der Waals surface area contributed by atoms with Gasteiger partial charge in [-0.05, 0) is 17.7 Å². The van der Waals surface area contributed by atoms with Gasteiger partial charge in [-0.25, -0.2) is 4.79 Å². The smallest absolute Gasteiger partial charge is 0.407 e. The molecule has 1 aromatic rings. The molecule has 1 aliphatic heterocycles. The largest absolute Gasteiger partial charge is 0.497 e. The van der Waals surface area contributed by atoms with E-state index in [4.69, 9.17) is 9.47 Å². The number of carbonyl (C=O) groups excluding carboxylic acids is 1. The molecule has 1 heterocycles. The molecule has 0 bridgehead atoms. The molecule has 1 aromatic carbocycles. The number of amides is 1. The van der Waals surface area contributed by atoms with Gasteiger partial charge in [0.1, 0.15) is 11.9 Å². The SMILES string of the molecule is COc1cccc([C@H]2CCNC(=O)O2)c1. The summed E-state index contributed by atoms with van der Waals surface area (Å²) in [5.74, 6) is 0.780. The van der Waals surface area contributed by atoms with E-state index in [0.717, 1.165) is 17.7 Å². The second kappa shape index (κ2) is 4.21. The number of hydrogen-bond acceptors (Lipinski definition) is 3. The van der Waals surface area contributed by atoms with Crippen LogP contribution in [0.2, 0.25) is 0 Å². The standard InChI is InChI=1S/C11H13NO3/c1-14-9-4-2-3-8(7-9)10-5-6-12-11(13)15-10/h2-4,7,10H,5-6H2,1H3,(H,12,13)/t10-/m1/s1. The van der Waals surface area contributed by atoms with Crippen LogP contribution in [0.3, 0.4) is 0 Å². The zero-order valence-electron chi connectivity index (χ0n) is 8.53. The minimum Gasteiger partial charge on any atom is -0.497 e. The van der Waals surface area contributed by atoms with Gasteiger partial charge in [-0.3, -0.25) is 0 Å². The lowest BCUT2D eigenvalue weighted by molar-refractivity contribution is 0.0737. The molecule has 4 nitrogen and oxygen atoms in total. The molecule has 2 rings (SSSR count). The molecule has 1 aliphatic rings. The van der Waals surface area contributed by atoms with Crippen molar-refractivity contribution in [3.63, 3.8) is 0 Å². The number of methoxy groups -OCH3 is 1. The normalized spacial score (nSPS) is 20.3. The van der Waals surface area contributed by atoms with Crippen molar-refractivity contribution in [2.24, 2.45) is 0 Å². The summed E-state index contributed by atoms with van der Waals surface area (Å²) in [4.78, 5) is 11.0. The third-order valence-electron chi connectivity index (χ3n) is 2.39. The van der Waals surface area contributed by atoms with Crippen LogP contribution >= 0.6 is 0 Å². The van der Waals surface area contributed by atoms with E-state index in [0.29, 0.717) is 6.54 Å². The molecule has 0 radical (unpaired) electrons. The summed E-state index contributed by atoms with van der Waals surface area (Å²) >= 11 is 0. The van der Waals surface area contributed by atoms with Crippen molar-refractivity contribution in [1.29, 1.82) is 0 Å². The first-order chi connectivity index (χ1) is 7.29. The molecule has 1 fully saturated rings. The second-order valence-corrected chi connectivity index (χ2v) is 3.39. The predicted octanol–water partition coefficient (Wildman–Crippen LogP) is 1.87. The Morgan fingerprint density at radius 3 is 3.13 bits per heavy atom. The third-order valence-corrected chi connectivity index (χ3v) is 2.39. The summed E-state index contributed by atoms with van der Waals surface area (Å²) in [5.41, 5.74) is 0.976. The molecule has 0 unspecified atom stereocenters. The minimum atomic E-state index is -0.353. The summed E-state index contributed by atoms with van der Waals surface area (Å²) in [6, 6.07) is 7.59. The van der Waals surface area contributed by atoms with Gasteiger partial charge in [0, 0.05) is 13.0 Å². The lowest BCUT2D eigenvalue weighted by Crippen LogP contribution is -2.33. The van der Waals surface area contributed by atoms with Crippen LogP contribution in [0.4, 0.5) is 4.79 Å². The molecule has 1 N–H and O–H groups in total. The quantitative estimate of drug-likeness (QED) is 0.805. The Morgan fingerprint density at radius 2 is 2.40 bits per heavy atom. The summed E-state index contributed by atoms with van der Waals surface area (Å²) in [6.45, 7) is 0.653. The Kier molecular flexibility index (Phi) is 2.76. The van der Waals surface area contributed by atoms with Crippen molar-refractivity contribution >= 4 is 6.09 Å². The maximum absolute atomic E-state index is 11.0. The van der Waals surface area contributed by atoms with Gasteiger partial charge in [-0.15, -0.1) is 0 Å². The first kappa shape index (κ1) is 9.83. The average molecular weight is 207 g/mol. The van der Waals surface area contributed by atoms with Gasteiger partial charge in [-0.2, -0.15) is 0 Å². The monoisotopic (exact) mass is 207 g/mol. The fraction of sp³-hybridized carbons (Fsp3) is 0.364. The lowest BCUT2D eigenvalue weighted by Gasteiger charge is -2.23. The maximum Gasteiger partial charge on any atom is 0.407 e. The number of nitrogens with one attached hydrogen (secondary N) is 1. The summed E-state index contributed by atoms with van der Waals surface area (Å²) < 4.78 is 10.3. The van der Waals surface area contributed by atoms with Crippen molar-refractivity contribution < 1.29 is 14.3 Å². The topological polar surface area (TPSA) is 47.6 Å². The van der Waals surface area contributed by atoms with Gasteiger partial charge in [-0.1, -0.05) is 12.1 Å². The predicted molar refractivity (Wildman–Crippen MR) is 54.8 cm³/mol. The van der Waals surface area contributed by atoms with Crippen LogP contribution < -0.4 is 10.1 Å². The van der Waals surface area contributed by atoms with Crippen molar-refractivity contribution in [2.45, 2.75) is 12.5 Å². The minimum absolute atomic E-state index is 0.158. The number of carbonyl (C=O) groups is 1. The Labute approximate surface area is 88.2 Å². The molecule has 0 aromatic heterocycles. The Bertz CT molecular complexity index is 365. The van der Waals surface area contributed by atoms with Crippen molar-refractivity contribution in [3.8, 4) is 5.75 Å². The number of hydrogen-bond donors (Lipinski definition) is 1. The molecule has 0 spiro atoms. The van der Waals surface area contributed by atoms with E-state index in [9.17, 15) is 4.79 Å². The number of benzene rings is 1. The van der Waals surface area contributed by atoms with E-state index in [1.165, 1.54) is 0 Å². The lowest BCUT2D eigenvalue weighted by atomic mass is 10.1. The highest BCUT2D eigenvalue weighted by Gasteiger charge is 2.21. The molecule has 15 heavy (non-hydrogen) atoms. The molecule has 80 valence electrons. The van der Waals surface area contributed by atoms with Crippen molar-refractivity contribution in [1.82, 2.24) is 5.32 Å². The Balaban J connectivity index is 2.17. The number of ether oxygens (including phenoxy) is 2. The summed E-state index contributed by atoms with van der Waals surface area (Å²) in [6.07, 6.45) is 0.279. The van der Waals surface area contributed by atoms with Crippen LogP contribution in [-0.2, 0) is 4.74 Å². The van der Waals surface area contributed by atoms with Gasteiger partial charge in [0.2, 0.25) is 0 Å². The molecule has 1 atom stereocenters. The van der Waals surface area contributed by atoms with Crippen LogP contribution in [0.1, 0.15) is 18.1 Å². The van der Waals surface area contributed by atoms with Gasteiger partial charge in [0.15, 0.2) is 0 Å². The first-order valence-electron chi connectivity index (χ1n) is 4.88. The molecule has 1 saturated heterocycles. The van der Waals surface area contributed by atoms with Crippen LogP contribution in [0.5, 0.6) is 5.75 Å². The zero-order chi connectivity index (χ0) is 10.7. The van der Waals surface area contributed by atoms with E-state index >= 15 is 0 Å². The van der Waals surface area contributed by atoms with Crippen LogP contribution in [0.25, 0.3) is 0 Å². The van der Waals surface area contributed by atoms with Gasteiger partial charge in [0.25, 0.3) is 0 Å². The molecular weight excluding hydrogens is 194 g/mol. The maximum atomic E-state index is 11.0. The fourth-order valence-electron chi connectivity index (χ4n) is 1.61. The number of rotatable bonds is 2. The molecule has 4 heteroatoms. The third kappa shape index (κ3) is 2.21. The van der Waals surface area contributed by atoms with E-state index in [2.05, 4.69) is 5.32 Å². The van der Waals surface area contributed by atoms with Gasteiger partial charge >= 0.3 is 6.09 Å². The highest BCUT2D eigenvalue weighted by atomic mass is 16.6. The van der Waals surface area contributed by atoms with E-state index in [-0.39, 0.29) is 12.2 Å². The Hall–Kier alpha value is -1.71. The summed E-state index contributed by atoms with van der Waals surface area (Å²) in [7, 11) is 1.62. The van der Waals surface area contributed by atoms with Crippen LogP contribution in [0.15, 0.2) is 24.3 Å². The van der Waals surface area contributed by atoms with Crippen LogP contribution in [0, 0.1) is 0 Å². The molecular formula is C11H13NO3. The van der Waals surface area contributed by atoms with E-state index in [1.54, 1.807) is 7.11 Å².